The minimum Gasteiger partial charge on any atom is -0.455 e. The molecule has 41 heavy (non-hydrogen) atoms. The first-order valence-electron chi connectivity index (χ1n) is 12.8. The van der Waals surface area contributed by atoms with Gasteiger partial charge in [0.15, 0.2) is 5.65 Å². The van der Waals surface area contributed by atoms with Crippen LogP contribution in [-0.4, -0.2) is 42.1 Å². The van der Waals surface area contributed by atoms with Gasteiger partial charge in [-0.05, 0) is 61.0 Å². The summed E-state index contributed by atoms with van der Waals surface area (Å²) in [6.07, 6.45) is 1.68. The summed E-state index contributed by atoms with van der Waals surface area (Å²) >= 11 is 0. The van der Waals surface area contributed by atoms with E-state index in [-0.39, 0.29) is 22.8 Å². The van der Waals surface area contributed by atoms with E-state index >= 15 is 0 Å². The van der Waals surface area contributed by atoms with Gasteiger partial charge in [0.1, 0.15) is 28.5 Å². The van der Waals surface area contributed by atoms with Gasteiger partial charge >= 0.3 is 0 Å². The highest BCUT2D eigenvalue weighted by molar-refractivity contribution is 7.92. The Labute approximate surface area is 234 Å². The molecule has 0 saturated carbocycles. The van der Waals surface area contributed by atoms with Gasteiger partial charge in [0.2, 0.25) is 10.0 Å². The van der Waals surface area contributed by atoms with E-state index in [1.165, 1.54) is 31.3 Å². The van der Waals surface area contributed by atoms with E-state index in [0.717, 1.165) is 5.56 Å². The van der Waals surface area contributed by atoms with Gasteiger partial charge in [-0.2, -0.15) is 0 Å². The van der Waals surface area contributed by atoms with E-state index in [0.29, 0.717) is 44.6 Å². The van der Waals surface area contributed by atoms with Gasteiger partial charge in [0, 0.05) is 41.4 Å². The summed E-state index contributed by atoms with van der Waals surface area (Å²) in [5, 5.41) is 3.11. The molecule has 9 nitrogen and oxygen atoms in total. The van der Waals surface area contributed by atoms with Crippen LogP contribution >= 0.6 is 0 Å². The quantitative estimate of drug-likeness (QED) is 0.217. The molecular formula is C30H24FN5O4S. The minimum atomic E-state index is -3.67. The first-order chi connectivity index (χ1) is 19.8. The van der Waals surface area contributed by atoms with Crippen LogP contribution in [0, 0.1) is 5.82 Å². The number of nitrogens with one attached hydrogen (secondary N) is 3. The SMILES string of the molecule is CCS(=O)(=O)Nc1cc2oc(-c3ccc(F)cc3)c(C(=O)NC)c2cc1-c1cccc(-c2nc3cccnc3[nH]2)c1. The molecule has 0 aliphatic rings. The Balaban J connectivity index is 1.58. The number of amides is 1. The lowest BCUT2D eigenvalue weighted by Gasteiger charge is -2.13. The Morgan fingerprint density at radius 2 is 1.78 bits per heavy atom. The molecule has 0 unspecified atom stereocenters. The predicted octanol–water partition coefficient (Wildman–Crippen LogP) is 5.97. The van der Waals surface area contributed by atoms with Crippen molar-refractivity contribution in [1.29, 1.82) is 0 Å². The lowest BCUT2D eigenvalue weighted by atomic mass is 9.97. The second kappa shape index (κ2) is 10.2. The van der Waals surface area contributed by atoms with E-state index < -0.39 is 21.7 Å². The first-order valence-corrected chi connectivity index (χ1v) is 14.4. The minimum absolute atomic E-state index is 0.140. The molecule has 0 spiro atoms. The Morgan fingerprint density at radius 3 is 2.51 bits per heavy atom. The summed E-state index contributed by atoms with van der Waals surface area (Å²) in [5.41, 5.74) is 4.65. The van der Waals surface area contributed by atoms with Gasteiger partial charge in [-0.1, -0.05) is 18.2 Å². The van der Waals surface area contributed by atoms with Crippen LogP contribution in [0.3, 0.4) is 0 Å². The van der Waals surface area contributed by atoms with E-state index in [2.05, 4.69) is 25.0 Å². The molecular weight excluding hydrogens is 545 g/mol. The molecule has 3 aromatic heterocycles. The molecule has 0 aliphatic carbocycles. The Bertz CT molecular complexity index is 2020. The summed E-state index contributed by atoms with van der Waals surface area (Å²) < 4.78 is 47.8. The lowest BCUT2D eigenvalue weighted by Crippen LogP contribution is -2.18. The average molecular weight is 570 g/mol. The van der Waals surface area contributed by atoms with Crippen LogP contribution in [-0.2, 0) is 10.0 Å². The van der Waals surface area contributed by atoms with Crippen molar-refractivity contribution in [3.8, 4) is 33.8 Å². The van der Waals surface area contributed by atoms with Crippen LogP contribution in [0.1, 0.15) is 17.3 Å². The molecule has 3 N–H and O–H groups in total. The van der Waals surface area contributed by atoms with Crippen molar-refractivity contribution in [1.82, 2.24) is 20.3 Å². The van der Waals surface area contributed by atoms with Gasteiger partial charge in [0.05, 0.1) is 17.0 Å². The second-order valence-electron chi connectivity index (χ2n) is 9.33. The van der Waals surface area contributed by atoms with E-state index in [9.17, 15) is 17.6 Å². The summed E-state index contributed by atoms with van der Waals surface area (Å²) in [6.45, 7) is 1.54. The molecule has 0 bridgehead atoms. The van der Waals surface area contributed by atoms with E-state index in [1.54, 1.807) is 31.3 Å². The number of halogens is 1. The highest BCUT2D eigenvalue weighted by Gasteiger charge is 2.24. The van der Waals surface area contributed by atoms with E-state index in [1.807, 2.05) is 30.3 Å². The topological polar surface area (TPSA) is 130 Å². The Hall–Kier alpha value is -5.03. The number of carbonyl (C=O) groups excluding carboxylic acids is 1. The average Bonchev–Trinajstić information content (AvgIpc) is 3.58. The number of furan rings is 1. The molecule has 1 amide bonds. The van der Waals surface area contributed by atoms with Crippen molar-refractivity contribution in [3.63, 3.8) is 0 Å². The van der Waals surface area contributed by atoms with Crippen molar-refractivity contribution in [2.24, 2.45) is 0 Å². The standard InChI is InChI=1S/C30H24FN5O4S/c1-3-41(38,39)36-24-16-25-22(26(30(37)32-2)27(40-25)17-9-11-20(31)12-10-17)15-21(24)18-6-4-7-19(14-18)28-34-23-8-5-13-33-29(23)35-28/h4-16,36H,3H2,1-2H3,(H,32,37)(H,33,34,35). The molecule has 11 heteroatoms. The van der Waals surface area contributed by atoms with Gasteiger partial charge in [-0.3, -0.25) is 9.52 Å². The third kappa shape index (κ3) is 4.91. The van der Waals surface area contributed by atoms with Crippen LogP contribution in [0.15, 0.2) is 83.4 Å². The van der Waals surface area contributed by atoms with Gasteiger partial charge in [-0.15, -0.1) is 0 Å². The predicted molar refractivity (Wildman–Crippen MR) is 156 cm³/mol. The normalized spacial score (nSPS) is 11.7. The van der Waals surface area contributed by atoms with Crippen molar-refractivity contribution >= 4 is 43.8 Å². The maximum atomic E-state index is 13.6. The number of hydrogen-bond acceptors (Lipinski definition) is 6. The zero-order valence-corrected chi connectivity index (χ0v) is 22.8. The first kappa shape index (κ1) is 26.2. The monoisotopic (exact) mass is 569 g/mol. The van der Waals surface area contributed by atoms with Crippen molar-refractivity contribution < 1.29 is 22.0 Å². The van der Waals surface area contributed by atoms with E-state index in [4.69, 9.17) is 4.42 Å². The van der Waals surface area contributed by atoms with Gasteiger partial charge < -0.3 is 14.7 Å². The number of nitrogens with zero attached hydrogens (tertiary/aromatic N) is 2. The highest BCUT2D eigenvalue weighted by Crippen LogP contribution is 2.40. The number of benzene rings is 3. The summed E-state index contributed by atoms with van der Waals surface area (Å²) in [7, 11) is -2.17. The second-order valence-corrected chi connectivity index (χ2v) is 11.3. The smallest absolute Gasteiger partial charge is 0.255 e. The van der Waals surface area contributed by atoms with Crippen LogP contribution < -0.4 is 10.0 Å². The number of H-pyrrole nitrogens is 1. The van der Waals surface area contributed by atoms with Crippen LogP contribution in [0.25, 0.3) is 56.0 Å². The highest BCUT2D eigenvalue weighted by atomic mass is 32.2. The van der Waals surface area contributed by atoms with Crippen molar-refractivity contribution in [3.05, 3.63) is 90.4 Å². The van der Waals surface area contributed by atoms with Crippen LogP contribution in [0.4, 0.5) is 10.1 Å². The number of rotatable bonds is 7. The van der Waals surface area contributed by atoms with Crippen molar-refractivity contribution in [2.45, 2.75) is 6.92 Å². The van der Waals surface area contributed by atoms with Gasteiger partial charge in [-0.25, -0.2) is 22.8 Å². The zero-order valence-electron chi connectivity index (χ0n) is 22.0. The number of pyridine rings is 1. The number of fused-ring (bicyclic) bond motifs is 2. The molecule has 6 aromatic rings. The largest absolute Gasteiger partial charge is 0.455 e. The molecule has 0 radical (unpaired) electrons. The van der Waals surface area contributed by atoms with Crippen LogP contribution in [0.5, 0.6) is 0 Å². The molecule has 0 atom stereocenters. The number of aromatic nitrogens is 3. The Morgan fingerprint density at radius 1 is 1.00 bits per heavy atom. The summed E-state index contributed by atoms with van der Waals surface area (Å²) in [5.74, 6) is -0.127. The fourth-order valence-electron chi connectivity index (χ4n) is 4.68. The fraction of sp³-hybridized carbons (Fsp3) is 0.100. The number of imidazole rings is 1. The lowest BCUT2D eigenvalue weighted by molar-refractivity contribution is 0.0964. The molecule has 0 fully saturated rings. The third-order valence-electron chi connectivity index (χ3n) is 6.74. The maximum Gasteiger partial charge on any atom is 0.255 e. The van der Waals surface area contributed by atoms with Crippen LogP contribution in [0.2, 0.25) is 0 Å². The fourth-order valence-corrected chi connectivity index (χ4v) is 5.32. The Kier molecular flexibility index (Phi) is 6.50. The summed E-state index contributed by atoms with van der Waals surface area (Å²) in [6, 6.07) is 20.0. The maximum absolute atomic E-state index is 13.6. The molecule has 0 aliphatic heterocycles. The molecule has 6 rings (SSSR count). The number of carbonyl (C=O) groups is 1. The third-order valence-corrected chi connectivity index (χ3v) is 8.03. The number of anilines is 1. The summed E-state index contributed by atoms with van der Waals surface area (Å²) in [4.78, 5) is 25.3. The number of hydrogen-bond donors (Lipinski definition) is 3. The zero-order chi connectivity index (χ0) is 28.7. The van der Waals surface area contributed by atoms with Crippen molar-refractivity contribution in [2.75, 3.05) is 17.5 Å². The number of sulfonamides is 1. The molecule has 3 aromatic carbocycles. The molecule has 0 saturated heterocycles. The molecule has 3 heterocycles. The number of aromatic amines is 1. The van der Waals surface area contributed by atoms with Gasteiger partial charge in [0.25, 0.3) is 5.91 Å². The molecule has 206 valence electrons.